The normalized spacial score (nSPS) is 39.0. The van der Waals surface area contributed by atoms with Gasteiger partial charge in [0, 0.05) is 9.97 Å². The van der Waals surface area contributed by atoms with Gasteiger partial charge in [-0.2, -0.15) is 0 Å². The minimum atomic E-state index is -0.335. The zero-order valence-corrected chi connectivity index (χ0v) is 9.21. The third-order valence-corrected chi connectivity index (χ3v) is 3.81. The molecule has 1 saturated carbocycles. The minimum absolute atomic E-state index is 0.00616. The molecule has 72 valence electrons. The first kappa shape index (κ1) is 9.23. The van der Waals surface area contributed by atoms with Crippen LogP contribution in [0.5, 0.6) is 0 Å². The summed E-state index contributed by atoms with van der Waals surface area (Å²) in [4.78, 5) is 22.4. The molecule has 1 heterocycles. The lowest BCUT2D eigenvalue weighted by Gasteiger charge is -2.36. The Bertz CT molecular complexity index is 257. The highest BCUT2D eigenvalue weighted by Gasteiger charge is 2.39. The number of hydrogen-bond acceptors (Lipinski definition) is 2. The van der Waals surface area contributed by atoms with Crippen LogP contribution in [0.3, 0.4) is 0 Å². The van der Waals surface area contributed by atoms with Gasteiger partial charge in [-0.3, -0.25) is 10.1 Å². The van der Waals surface area contributed by atoms with E-state index in [1.54, 1.807) is 0 Å². The lowest BCUT2D eigenvalue weighted by Crippen LogP contribution is -2.59. The molecule has 2 rings (SSSR count). The van der Waals surface area contributed by atoms with Gasteiger partial charge in [0.1, 0.15) is 0 Å². The first-order valence-electron chi connectivity index (χ1n) is 4.42. The van der Waals surface area contributed by atoms with Crippen LogP contribution in [0.1, 0.15) is 19.3 Å². The Morgan fingerprint density at radius 3 is 2.85 bits per heavy atom. The predicted octanol–water partition coefficient (Wildman–Crippen LogP) is 0.798. The Morgan fingerprint density at radius 2 is 2.08 bits per heavy atom. The van der Waals surface area contributed by atoms with Crippen LogP contribution < -0.4 is 10.6 Å². The van der Waals surface area contributed by atoms with Gasteiger partial charge >= 0.3 is 6.03 Å². The second kappa shape index (κ2) is 3.43. The van der Waals surface area contributed by atoms with Crippen LogP contribution in [0.4, 0.5) is 4.79 Å². The number of imide groups is 1. The molecule has 2 fully saturated rings. The molecule has 2 aliphatic rings. The molecule has 1 aliphatic heterocycles. The number of nitrogens with one attached hydrogen (secondary N) is 2. The average Bonchev–Trinajstić information content (AvgIpc) is 2.06. The second-order valence-corrected chi connectivity index (χ2v) is 5.35. The van der Waals surface area contributed by atoms with Crippen LogP contribution in [0.15, 0.2) is 0 Å². The Labute approximate surface area is 90.0 Å². The van der Waals surface area contributed by atoms with Crippen LogP contribution in [0.25, 0.3) is 0 Å². The van der Waals surface area contributed by atoms with E-state index in [-0.39, 0.29) is 23.9 Å². The van der Waals surface area contributed by atoms with Gasteiger partial charge in [-0.15, -0.1) is 0 Å². The van der Waals surface area contributed by atoms with E-state index in [1.807, 2.05) is 0 Å². The molecule has 5 heteroatoms. The number of alkyl halides is 1. The number of fused-ring (bicyclic) bond motifs is 1. The molecule has 0 spiro atoms. The fourth-order valence-electron chi connectivity index (χ4n) is 1.99. The predicted molar refractivity (Wildman–Crippen MR) is 55.6 cm³/mol. The molecule has 3 amide bonds. The van der Waals surface area contributed by atoms with Crippen molar-refractivity contribution in [2.24, 2.45) is 5.92 Å². The van der Waals surface area contributed by atoms with E-state index in [0.29, 0.717) is 3.92 Å². The maximum Gasteiger partial charge on any atom is 0.321 e. The Morgan fingerprint density at radius 1 is 1.31 bits per heavy atom. The fraction of sp³-hybridized carbons (Fsp3) is 0.750. The molecule has 2 N–H and O–H groups in total. The largest absolute Gasteiger partial charge is 0.334 e. The summed E-state index contributed by atoms with van der Waals surface area (Å²) in [6.45, 7) is 0. The number of rotatable bonds is 0. The summed E-state index contributed by atoms with van der Waals surface area (Å²) in [5.41, 5.74) is 0. The standard InChI is InChI=1S/C8H11IN2O2/c9-4-1-2-6-5(3-4)7(12)11-8(13)10-6/h4-6H,1-3H2,(H2,10,11,12,13). The van der Waals surface area contributed by atoms with E-state index in [4.69, 9.17) is 0 Å². The topological polar surface area (TPSA) is 58.2 Å². The van der Waals surface area contributed by atoms with Gasteiger partial charge in [0.2, 0.25) is 5.91 Å². The minimum Gasteiger partial charge on any atom is -0.334 e. The maximum atomic E-state index is 11.4. The lowest BCUT2D eigenvalue weighted by molar-refractivity contribution is -0.126. The molecule has 0 bridgehead atoms. The first-order chi connectivity index (χ1) is 6.16. The molecule has 0 aromatic carbocycles. The van der Waals surface area contributed by atoms with Gasteiger partial charge in [-0.05, 0) is 19.3 Å². The maximum absolute atomic E-state index is 11.4. The van der Waals surface area contributed by atoms with Gasteiger partial charge in [0.25, 0.3) is 0 Å². The number of carbonyl (C=O) groups excluding carboxylic acids is 2. The Hall–Kier alpha value is -0.330. The van der Waals surface area contributed by atoms with Crippen molar-refractivity contribution in [3.05, 3.63) is 0 Å². The Balaban J connectivity index is 2.11. The van der Waals surface area contributed by atoms with Crippen molar-refractivity contribution in [1.29, 1.82) is 0 Å². The van der Waals surface area contributed by atoms with E-state index in [0.717, 1.165) is 19.3 Å². The summed E-state index contributed by atoms with van der Waals surface area (Å²) in [7, 11) is 0. The number of carbonyl (C=O) groups is 2. The van der Waals surface area contributed by atoms with E-state index < -0.39 is 0 Å². The number of hydrogen-bond donors (Lipinski definition) is 2. The summed E-state index contributed by atoms with van der Waals surface area (Å²) in [5, 5.41) is 5.10. The lowest BCUT2D eigenvalue weighted by atomic mass is 9.83. The zero-order chi connectivity index (χ0) is 9.42. The molecular weight excluding hydrogens is 283 g/mol. The highest BCUT2D eigenvalue weighted by atomic mass is 127. The molecule has 3 unspecified atom stereocenters. The van der Waals surface area contributed by atoms with Gasteiger partial charge in [0.05, 0.1) is 5.92 Å². The van der Waals surface area contributed by atoms with Gasteiger partial charge < -0.3 is 5.32 Å². The van der Waals surface area contributed by atoms with E-state index >= 15 is 0 Å². The van der Waals surface area contributed by atoms with Crippen molar-refractivity contribution in [2.75, 3.05) is 0 Å². The number of urea groups is 1. The van der Waals surface area contributed by atoms with Crippen LogP contribution >= 0.6 is 22.6 Å². The van der Waals surface area contributed by atoms with Crippen molar-refractivity contribution in [3.8, 4) is 0 Å². The fourth-order valence-corrected chi connectivity index (χ4v) is 2.90. The van der Waals surface area contributed by atoms with Gasteiger partial charge in [0.15, 0.2) is 0 Å². The molecular formula is C8H11IN2O2. The van der Waals surface area contributed by atoms with Crippen LogP contribution in [-0.4, -0.2) is 21.9 Å². The van der Waals surface area contributed by atoms with Gasteiger partial charge in [-0.25, -0.2) is 4.79 Å². The molecule has 0 aromatic rings. The smallest absolute Gasteiger partial charge is 0.321 e. The highest BCUT2D eigenvalue weighted by Crippen LogP contribution is 2.31. The molecule has 0 radical (unpaired) electrons. The van der Waals surface area contributed by atoms with Crippen LogP contribution in [0.2, 0.25) is 0 Å². The summed E-state index contributed by atoms with van der Waals surface area (Å²) >= 11 is 2.37. The van der Waals surface area contributed by atoms with E-state index in [1.165, 1.54) is 0 Å². The quantitative estimate of drug-likeness (QED) is 0.513. The van der Waals surface area contributed by atoms with Crippen LogP contribution in [-0.2, 0) is 4.79 Å². The van der Waals surface area contributed by atoms with E-state index in [9.17, 15) is 9.59 Å². The average molecular weight is 294 g/mol. The highest BCUT2D eigenvalue weighted by molar-refractivity contribution is 14.1. The molecule has 3 atom stereocenters. The number of halogens is 1. The molecule has 4 nitrogen and oxygen atoms in total. The zero-order valence-electron chi connectivity index (χ0n) is 7.05. The summed E-state index contributed by atoms with van der Waals surface area (Å²) in [6, 6.07) is -0.259. The van der Waals surface area contributed by atoms with Crippen molar-refractivity contribution >= 4 is 34.5 Å². The van der Waals surface area contributed by atoms with Crippen LogP contribution in [0, 0.1) is 5.92 Å². The van der Waals surface area contributed by atoms with Gasteiger partial charge in [-0.1, -0.05) is 22.6 Å². The van der Waals surface area contributed by atoms with E-state index in [2.05, 4.69) is 33.2 Å². The number of amides is 3. The van der Waals surface area contributed by atoms with Crippen molar-refractivity contribution in [3.63, 3.8) is 0 Å². The molecule has 13 heavy (non-hydrogen) atoms. The monoisotopic (exact) mass is 294 g/mol. The third-order valence-electron chi connectivity index (χ3n) is 2.68. The summed E-state index contributed by atoms with van der Waals surface area (Å²) in [6.07, 6.45) is 2.91. The summed E-state index contributed by atoms with van der Waals surface area (Å²) in [5.74, 6) is -0.108. The molecule has 1 aliphatic carbocycles. The van der Waals surface area contributed by atoms with Crippen molar-refractivity contribution in [1.82, 2.24) is 10.6 Å². The molecule has 1 saturated heterocycles. The molecule has 0 aromatic heterocycles. The Kier molecular flexibility index (Phi) is 2.44. The second-order valence-electron chi connectivity index (χ2n) is 3.59. The van der Waals surface area contributed by atoms with Crippen molar-refractivity contribution < 1.29 is 9.59 Å². The summed E-state index contributed by atoms with van der Waals surface area (Å²) < 4.78 is 0.569. The third kappa shape index (κ3) is 1.79. The SMILES string of the molecule is O=C1NC(=O)C2CC(I)CCC2N1. The first-order valence-corrected chi connectivity index (χ1v) is 5.67. The van der Waals surface area contributed by atoms with Crippen molar-refractivity contribution in [2.45, 2.75) is 29.2 Å².